The van der Waals surface area contributed by atoms with Gasteiger partial charge in [-0.25, -0.2) is 8.42 Å². The van der Waals surface area contributed by atoms with Crippen LogP contribution in [0.5, 0.6) is 0 Å². The van der Waals surface area contributed by atoms with Gasteiger partial charge in [0.2, 0.25) is 0 Å². The molecule has 0 spiro atoms. The van der Waals surface area contributed by atoms with E-state index in [9.17, 15) is 13.2 Å². The Kier molecular flexibility index (Phi) is 6.87. The van der Waals surface area contributed by atoms with Crippen LogP contribution in [0.15, 0.2) is 77.7 Å². The van der Waals surface area contributed by atoms with Crippen LogP contribution in [0.4, 0.5) is 0 Å². The van der Waals surface area contributed by atoms with Gasteiger partial charge < -0.3 is 5.32 Å². The molecule has 0 bridgehead atoms. The van der Waals surface area contributed by atoms with E-state index < -0.39 is 9.84 Å². The second-order valence-electron chi connectivity index (χ2n) is 6.97. The number of sulfone groups is 1. The normalized spacial score (nSPS) is 10.5. The van der Waals surface area contributed by atoms with E-state index in [1.165, 1.54) is 12.1 Å². The highest BCUT2D eigenvalue weighted by molar-refractivity contribution is 7.90. The predicted octanol–water partition coefficient (Wildman–Crippen LogP) is 3.49. The third-order valence-electron chi connectivity index (χ3n) is 4.54. The Hall–Kier alpha value is -3.87. The summed E-state index contributed by atoms with van der Waals surface area (Å²) in [6.07, 6.45) is 1.70. The largest absolute Gasteiger partial charge is 0.348 e. The van der Waals surface area contributed by atoms with Gasteiger partial charge in [-0.2, -0.15) is 5.26 Å². The lowest BCUT2D eigenvalue weighted by Crippen LogP contribution is -2.22. The standard InChI is InChI=1S/C25H20N2O3S/c1-31(29,30)24-14-12-22(13-15-24)18-27-25(28)23-7-3-6-20(16-23)5-2-4-19-8-10-21(17-26)11-9-19/h3,6-16H,4,18H2,1H3,(H,27,28). The first kappa shape index (κ1) is 21.8. The fourth-order valence-electron chi connectivity index (χ4n) is 2.82. The van der Waals surface area contributed by atoms with Crippen LogP contribution in [0.3, 0.4) is 0 Å². The minimum Gasteiger partial charge on any atom is -0.348 e. The zero-order valence-electron chi connectivity index (χ0n) is 16.9. The molecule has 0 aliphatic heterocycles. The molecule has 31 heavy (non-hydrogen) atoms. The summed E-state index contributed by atoms with van der Waals surface area (Å²) < 4.78 is 23.0. The SMILES string of the molecule is CS(=O)(=O)c1ccc(CNC(=O)c2cccc(C#CCc3ccc(C#N)cc3)c2)cc1. The molecule has 0 heterocycles. The molecule has 0 aliphatic carbocycles. The van der Waals surface area contributed by atoms with Crippen LogP contribution in [0.25, 0.3) is 0 Å². The number of hydrogen-bond donors (Lipinski definition) is 1. The van der Waals surface area contributed by atoms with Gasteiger partial charge in [-0.1, -0.05) is 42.2 Å². The van der Waals surface area contributed by atoms with Crippen molar-refractivity contribution in [2.24, 2.45) is 0 Å². The number of nitrogens with zero attached hydrogens (tertiary/aromatic N) is 1. The predicted molar refractivity (Wildman–Crippen MR) is 119 cm³/mol. The van der Waals surface area contributed by atoms with Crippen LogP contribution >= 0.6 is 0 Å². The summed E-state index contributed by atoms with van der Waals surface area (Å²) in [6.45, 7) is 0.289. The molecule has 0 fully saturated rings. The van der Waals surface area contributed by atoms with Crippen molar-refractivity contribution < 1.29 is 13.2 Å². The van der Waals surface area contributed by atoms with E-state index >= 15 is 0 Å². The van der Waals surface area contributed by atoms with Gasteiger partial charge >= 0.3 is 0 Å². The van der Waals surface area contributed by atoms with Crippen molar-refractivity contribution >= 4 is 15.7 Å². The summed E-state index contributed by atoms with van der Waals surface area (Å²) in [5.41, 5.74) is 3.67. The highest BCUT2D eigenvalue weighted by Crippen LogP contribution is 2.11. The quantitative estimate of drug-likeness (QED) is 0.630. The van der Waals surface area contributed by atoms with E-state index in [0.717, 1.165) is 22.9 Å². The van der Waals surface area contributed by atoms with Crippen molar-refractivity contribution in [1.29, 1.82) is 5.26 Å². The maximum absolute atomic E-state index is 12.5. The molecular weight excluding hydrogens is 408 g/mol. The molecule has 0 saturated heterocycles. The number of nitrogens with one attached hydrogen (secondary N) is 1. The average Bonchev–Trinajstić information content (AvgIpc) is 2.78. The van der Waals surface area contributed by atoms with Crippen LogP contribution in [0.2, 0.25) is 0 Å². The fourth-order valence-corrected chi connectivity index (χ4v) is 3.45. The first-order valence-electron chi connectivity index (χ1n) is 9.50. The van der Waals surface area contributed by atoms with Crippen molar-refractivity contribution in [3.63, 3.8) is 0 Å². The van der Waals surface area contributed by atoms with E-state index in [1.807, 2.05) is 18.2 Å². The monoisotopic (exact) mass is 428 g/mol. The minimum absolute atomic E-state index is 0.233. The molecule has 6 heteroatoms. The first-order valence-corrected chi connectivity index (χ1v) is 11.4. The lowest BCUT2D eigenvalue weighted by Gasteiger charge is -2.07. The van der Waals surface area contributed by atoms with Crippen molar-refractivity contribution in [2.45, 2.75) is 17.9 Å². The van der Waals surface area contributed by atoms with Gasteiger partial charge in [0, 0.05) is 30.3 Å². The molecule has 3 rings (SSSR count). The first-order chi connectivity index (χ1) is 14.8. The third-order valence-corrected chi connectivity index (χ3v) is 5.67. The number of carbonyl (C=O) groups excluding carboxylic acids is 1. The van der Waals surface area contributed by atoms with Crippen LogP contribution in [-0.2, 0) is 22.8 Å². The Labute approximate surface area is 182 Å². The molecule has 5 nitrogen and oxygen atoms in total. The zero-order chi connectivity index (χ0) is 22.3. The highest BCUT2D eigenvalue weighted by atomic mass is 32.2. The Bertz CT molecular complexity index is 1290. The van der Waals surface area contributed by atoms with Crippen molar-refractivity contribution in [3.05, 3.63) is 101 Å². The Morgan fingerprint density at radius 1 is 0.935 bits per heavy atom. The lowest BCUT2D eigenvalue weighted by atomic mass is 10.1. The van der Waals surface area contributed by atoms with Gasteiger partial charge in [0.15, 0.2) is 9.84 Å². The summed E-state index contributed by atoms with van der Waals surface area (Å²) in [5, 5.41) is 11.7. The molecule has 154 valence electrons. The van der Waals surface area contributed by atoms with Crippen LogP contribution in [0, 0.1) is 23.2 Å². The molecule has 3 aromatic carbocycles. The number of amides is 1. The molecule has 0 aromatic heterocycles. The molecule has 0 radical (unpaired) electrons. The topological polar surface area (TPSA) is 87.0 Å². The Morgan fingerprint density at radius 3 is 2.26 bits per heavy atom. The van der Waals surface area contributed by atoms with Gasteiger partial charge in [-0.3, -0.25) is 4.79 Å². The highest BCUT2D eigenvalue weighted by Gasteiger charge is 2.08. The minimum atomic E-state index is -3.24. The summed E-state index contributed by atoms with van der Waals surface area (Å²) in [4.78, 5) is 12.7. The van der Waals surface area contributed by atoms with Gasteiger partial charge in [0.05, 0.1) is 16.5 Å². The third kappa shape index (κ3) is 6.30. The van der Waals surface area contributed by atoms with Gasteiger partial charge in [0.25, 0.3) is 5.91 Å². The van der Waals surface area contributed by atoms with Crippen molar-refractivity contribution in [1.82, 2.24) is 5.32 Å². The maximum Gasteiger partial charge on any atom is 0.251 e. The smallest absolute Gasteiger partial charge is 0.251 e. The molecule has 0 saturated carbocycles. The van der Waals surface area contributed by atoms with Crippen LogP contribution in [-0.4, -0.2) is 20.6 Å². The van der Waals surface area contributed by atoms with E-state index in [1.54, 1.807) is 42.5 Å². The van der Waals surface area contributed by atoms with E-state index in [0.29, 0.717) is 17.5 Å². The summed E-state index contributed by atoms with van der Waals surface area (Å²) in [7, 11) is -3.24. The summed E-state index contributed by atoms with van der Waals surface area (Å²) in [5.74, 6) is 5.91. The maximum atomic E-state index is 12.5. The van der Waals surface area contributed by atoms with E-state index in [2.05, 4.69) is 23.2 Å². The lowest BCUT2D eigenvalue weighted by molar-refractivity contribution is 0.0951. The van der Waals surface area contributed by atoms with Gasteiger partial charge in [-0.15, -0.1) is 0 Å². The number of rotatable bonds is 5. The summed E-state index contributed by atoms with van der Waals surface area (Å²) in [6, 6.07) is 22.8. The fraction of sp³-hybridized carbons (Fsp3) is 0.120. The number of nitriles is 1. The second-order valence-corrected chi connectivity index (χ2v) is 8.98. The molecule has 0 atom stereocenters. The van der Waals surface area contributed by atoms with Crippen molar-refractivity contribution in [2.75, 3.05) is 6.26 Å². The van der Waals surface area contributed by atoms with Crippen LogP contribution in [0.1, 0.15) is 32.6 Å². The van der Waals surface area contributed by atoms with Crippen LogP contribution < -0.4 is 5.32 Å². The number of carbonyl (C=O) groups is 1. The number of benzene rings is 3. The molecular formula is C25H20N2O3S. The van der Waals surface area contributed by atoms with Gasteiger partial charge in [0.1, 0.15) is 0 Å². The number of hydrogen-bond acceptors (Lipinski definition) is 4. The van der Waals surface area contributed by atoms with Crippen molar-refractivity contribution in [3.8, 4) is 17.9 Å². The van der Waals surface area contributed by atoms with E-state index in [4.69, 9.17) is 5.26 Å². The average molecular weight is 429 g/mol. The molecule has 1 amide bonds. The summed E-state index contributed by atoms with van der Waals surface area (Å²) >= 11 is 0. The molecule has 0 aliphatic rings. The molecule has 1 N–H and O–H groups in total. The van der Waals surface area contributed by atoms with Gasteiger partial charge in [-0.05, 0) is 53.6 Å². The Balaban J connectivity index is 1.60. The van der Waals surface area contributed by atoms with E-state index in [-0.39, 0.29) is 17.3 Å². The molecule has 0 unspecified atom stereocenters. The molecule has 3 aromatic rings. The second kappa shape index (κ2) is 9.75. The zero-order valence-corrected chi connectivity index (χ0v) is 17.7. The Morgan fingerprint density at radius 2 is 1.61 bits per heavy atom.